The molecule has 6 nitrogen and oxygen atoms in total. The molecular formula is C54H96O6. The number of carbonyl (C=O) groups excluding carboxylic acids is 3. The second-order valence-electron chi connectivity index (χ2n) is 17.1. The molecule has 0 heterocycles. The standard InChI is InChI=1S/C54H96O6/c1-4-7-10-13-16-19-21-23-25-26-27-29-30-32-35-38-41-44-47-53(56)59-50-51(49-58-52(55)46-43-40-37-34-18-15-12-9-6-3)60-54(57)48-45-42-39-36-33-31-28-24-22-20-17-14-11-8-5-2/h8,11,17,20,24,28,33,36,51H,4-7,9-10,12-16,18-19,21-23,25-27,29-32,34-35,37-50H2,1-3H3/b11-8-,20-17-,28-24-,36-33-. The van der Waals surface area contributed by atoms with E-state index in [0.29, 0.717) is 19.3 Å². The van der Waals surface area contributed by atoms with E-state index in [2.05, 4.69) is 69.4 Å². The van der Waals surface area contributed by atoms with E-state index < -0.39 is 6.10 Å². The van der Waals surface area contributed by atoms with E-state index in [1.807, 2.05) is 0 Å². The number of hydrogen-bond acceptors (Lipinski definition) is 6. The van der Waals surface area contributed by atoms with Crippen molar-refractivity contribution < 1.29 is 28.6 Å². The fraction of sp³-hybridized carbons (Fsp3) is 0.796. The van der Waals surface area contributed by atoms with Crippen LogP contribution in [0.2, 0.25) is 0 Å². The van der Waals surface area contributed by atoms with Crippen LogP contribution >= 0.6 is 0 Å². The molecule has 60 heavy (non-hydrogen) atoms. The zero-order chi connectivity index (χ0) is 43.7. The van der Waals surface area contributed by atoms with E-state index in [9.17, 15) is 14.4 Å². The molecule has 0 amide bonds. The van der Waals surface area contributed by atoms with Gasteiger partial charge in [-0.25, -0.2) is 0 Å². The average molecular weight is 841 g/mol. The largest absolute Gasteiger partial charge is 0.462 e. The third-order valence-electron chi connectivity index (χ3n) is 11.1. The van der Waals surface area contributed by atoms with Crippen molar-refractivity contribution in [3.63, 3.8) is 0 Å². The maximum atomic E-state index is 12.7. The first kappa shape index (κ1) is 57.4. The fourth-order valence-electron chi connectivity index (χ4n) is 7.26. The second-order valence-corrected chi connectivity index (χ2v) is 17.1. The predicted octanol–water partition coefficient (Wildman–Crippen LogP) is 16.7. The maximum absolute atomic E-state index is 12.7. The number of carbonyl (C=O) groups is 3. The van der Waals surface area contributed by atoms with Gasteiger partial charge in [0.2, 0.25) is 0 Å². The van der Waals surface area contributed by atoms with Crippen molar-refractivity contribution in [3.05, 3.63) is 48.6 Å². The SMILES string of the molecule is CC/C=C\C/C=C\C/C=C\C/C=C\CCCCC(=O)OC(COC(=O)CCCCCCCCCCC)COC(=O)CCCCCCCCCCCCCCCCCCCC. The summed E-state index contributed by atoms with van der Waals surface area (Å²) in [4.78, 5) is 37.8. The van der Waals surface area contributed by atoms with Gasteiger partial charge in [0.15, 0.2) is 6.10 Å². The average Bonchev–Trinajstić information content (AvgIpc) is 3.24. The monoisotopic (exact) mass is 841 g/mol. The van der Waals surface area contributed by atoms with Crippen LogP contribution in [0.4, 0.5) is 0 Å². The Balaban J connectivity index is 4.34. The molecule has 348 valence electrons. The van der Waals surface area contributed by atoms with Crippen molar-refractivity contribution >= 4 is 17.9 Å². The molecule has 0 fully saturated rings. The van der Waals surface area contributed by atoms with Crippen LogP contribution < -0.4 is 0 Å². The molecule has 0 aromatic rings. The summed E-state index contributed by atoms with van der Waals surface area (Å²) in [5.74, 6) is -0.923. The summed E-state index contributed by atoms with van der Waals surface area (Å²) in [5.41, 5.74) is 0. The highest BCUT2D eigenvalue weighted by atomic mass is 16.6. The van der Waals surface area contributed by atoms with Crippen LogP contribution in [0.25, 0.3) is 0 Å². The normalized spacial score (nSPS) is 12.4. The van der Waals surface area contributed by atoms with Gasteiger partial charge in [-0.15, -0.1) is 0 Å². The third kappa shape index (κ3) is 46.4. The Labute approximate surface area is 371 Å². The first-order valence-electron chi connectivity index (χ1n) is 25.6. The quantitative estimate of drug-likeness (QED) is 0.0263. The van der Waals surface area contributed by atoms with Crippen molar-refractivity contribution in [1.82, 2.24) is 0 Å². The van der Waals surface area contributed by atoms with Gasteiger partial charge in [-0.2, -0.15) is 0 Å². The highest BCUT2D eigenvalue weighted by Crippen LogP contribution is 2.16. The summed E-state index contributed by atoms with van der Waals surface area (Å²) >= 11 is 0. The molecule has 0 rings (SSSR count). The van der Waals surface area contributed by atoms with Gasteiger partial charge in [0.05, 0.1) is 0 Å². The molecule has 0 saturated carbocycles. The van der Waals surface area contributed by atoms with Crippen molar-refractivity contribution in [2.45, 2.75) is 264 Å². The van der Waals surface area contributed by atoms with Crippen LogP contribution in [-0.4, -0.2) is 37.2 Å². The van der Waals surface area contributed by atoms with E-state index in [1.54, 1.807) is 0 Å². The summed E-state index contributed by atoms with van der Waals surface area (Å²) in [7, 11) is 0. The maximum Gasteiger partial charge on any atom is 0.306 e. The molecule has 0 spiro atoms. The number of rotatable bonds is 46. The fourth-order valence-corrected chi connectivity index (χ4v) is 7.26. The molecule has 0 aromatic carbocycles. The molecule has 0 aliphatic carbocycles. The molecule has 1 unspecified atom stereocenters. The minimum Gasteiger partial charge on any atom is -0.462 e. The van der Waals surface area contributed by atoms with Crippen molar-refractivity contribution in [2.75, 3.05) is 13.2 Å². The summed E-state index contributed by atoms with van der Waals surface area (Å²) in [5, 5.41) is 0. The smallest absolute Gasteiger partial charge is 0.306 e. The lowest BCUT2D eigenvalue weighted by atomic mass is 10.0. The van der Waals surface area contributed by atoms with E-state index in [4.69, 9.17) is 14.2 Å². The van der Waals surface area contributed by atoms with Gasteiger partial charge >= 0.3 is 17.9 Å². The summed E-state index contributed by atoms with van der Waals surface area (Å²) in [6.45, 7) is 6.49. The van der Waals surface area contributed by atoms with Gasteiger partial charge in [-0.1, -0.05) is 230 Å². The predicted molar refractivity (Wildman–Crippen MR) is 256 cm³/mol. The van der Waals surface area contributed by atoms with Crippen LogP contribution in [0, 0.1) is 0 Å². The Morgan fingerprint density at radius 2 is 0.650 bits per heavy atom. The molecule has 0 N–H and O–H groups in total. The molecule has 0 saturated heterocycles. The molecule has 0 aromatic heterocycles. The first-order chi connectivity index (χ1) is 29.5. The Kier molecular flexibility index (Phi) is 46.9. The summed E-state index contributed by atoms with van der Waals surface area (Å²) in [6, 6.07) is 0. The van der Waals surface area contributed by atoms with Crippen molar-refractivity contribution in [2.24, 2.45) is 0 Å². The molecule has 0 aliphatic heterocycles. The van der Waals surface area contributed by atoms with E-state index in [-0.39, 0.29) is 37.5 Å². The van der Waals surface area contributed by atoms with Crippen LogP contribution in [0.3, 0.4) is 0 Å². The highest BCUT2D eigenvalue weighted by Gasteiger charge is 2.19. The minimum atomic E-state index is -0.789. The molecule has 0 radical (unpaired) electrons. The van der Waals surface area contributed by atoms with E-state index in [0.717, 1.165) is 77.0 Å². The Morgan fingerprint density at radius 1 is 0.350 bits per heavy atom. The molecule has 1 atom stereocenters. The lowest BCUT2D eigenvalue weighted by Gasteiger charge is -2.18. The highest BCUT2D eigenvalue weighted by molar-refractivity contribution is 5.71. The van der Waals surface area contributed by atoms with E-state index >= 15 is 0 Å². The van der Waals surface area contributed by atoms with Gasteiger partial charge in [-0.05, 0) is 57.8 Å². The van der Waals surface area contributed by atoms with Crippen LogP contribution in [0.1, 0.15) is 258 Å². The second kappa shape index (κ2) is 49.0. The zero-order valence-electron chi connectivity index (χ0n) is 39.7. The number of ether oxygens (including phenoxy) is 3. The number of esters is 3. The van der Waals surface area contributed by atoms with E-state index in [1.165, 1.54) is 135 Å². The third-order valence-corrected chi connectivity index (χ3v) is 11.1. The summed E-state index contributed by atoms with van der Waals surface area (Å²) in [6.07, 6.45) is 58.2. The number of hydrogen-bond donors (Lipinski definition) is 0. The topological polar surface area (TPSA) is 78.9 Å². The van der Waals surface area contributed by atoms with Crippen molar-refractivity contribution in [3.8, 4) is 0 Å². The molecular weight excluding hydrogens is 745 g/mol. The van der Waals surface area contributed by atoms with Gasteiger partial charge < -0.3 is 14.2 Å². The first-order valence-corrected chi connectivity index (χ1v) is 25.6. The van der Waals surface area contributed by atoms with Crippen LogP contribution in [0.5, 0.6) is 0 Å². The Morgan fingerprint density at radius 3 is 1.02 bits per heavy atom. The molecule has 6 heteroatoms. The van der Waals surface area contributed by atoms with Gasteiger partial charge in [0.25, 0.3) is 0 Å². The van der Waals surface area contributed by atoms with Gasteiger partial charge in [0, 0.05) is 19.3 Å². The minimum absolute atomic E-state index is 0.0864. The number of allylic oxidation sites excluding steroid dienone is 8. The zero-order valence-corrected chi connectivity index (χ0v) is 39.7. The van der Waals surface area contributed by atoms with Crippen molar-refractivity contribution in [1.29, 1.82) is 0 Å². The Hall–Kier alpha value is -2.63. The lowest BCUT2D eigenvalue weighted by Crippen LogP contribution is -2.30. The van der Waals surface area contributed by atoms with Gasteiger partial charge in [0.1, 0.15) is 13.2 Å². The number of unbranched alkanes of at least 4 members (excludes halogenated alkanes) is 27. The molecule has 0 aliphatic rings. The summed E-state index contributed by atoms with van der Waals surface area (Å²) < 4.78 is 16.7. The van der Waals surface area contributed by atoms with Gasteiger partial charge in [-0.3, -0.25) is 14.4 Å². The Bertz CT molecular complexity index is 1060. The van der Waals surface area contributed by atoms with Crippen LogP contribution in [0.15, 0.2) is 48.6 Å². The lowest BCUT2D eigenvalue weighted by molar-refractivity contribution is -0.167. The van der Waals surface area contributed by atoms with Crippen LogP contribution in [-0.2, 0) is 28.6 Å². The molecule has 0 bridgehead atoms.